The van der Waals surface area contributed by atoms with Crippen LogP contribution in [0.4, 0.5) is 141 Å². The second-order valence-corrected chi connectivity index (χ2v) is 13.5. The molecule has 0 aromatic carbocycles. The molecule has 2 amide bonds. The maximum Gasteiger partial charge on any atom is 0.460 e. The van der Waals surface area contributed by atoms with E-state index in [1.807, 2.05) is 0 Å². The molecule has 0 spiro atoms. The van der Waals surface area contributed by atoms with Gasteiger partial charge in [0.15, 0.2) is 0 Å². The lowest BCUT2D eigenvalue weighted by molar-refractivity contribution is -0.454. The fraction of sp³-hybridized carbons (Fsp3) is 0.923. The Morgan fingerprint density at radius 3 is 1.08 bits per heavy atom. The van der Waals surface area contributed by atoms with Crippen LogP contribution in [-0.2, 0) is 0 Å². The fourth-order valence-electron chi connectivity index (χ4n) is 6.16. The molecule has 0 heterocycles. The molecule has 0 aromatic heterocycles. The van der Waals surface area contributed by atoms with Gasteiger partial charge in [-0.25, -0.2) is 9.59 Å². The van der Waals surface area contributed by atoms with Crippen LogP contribution in [0, 0.1) is 17.3 Å². The molecule has 3 atom stereocenters. The zero-order valence-electron chi connectivity index (χ0n) is 28.7. The topological polar surface area (TPSA) is 98.7 Å². The first kappa shape index (κ1) is 56.5. The number of amides is 2. The highest BCUT2D eigenvalue weighted by Gasteiger charge is 2.95. The maximum absolute atomic E-state index is 15.4. The third-order valence-electron chi connectivity index (χ3n) is 9.55. The number of rotatable bonds is 18. The number of carbonyl (C=O) groups is 2. The van der Waals surface area contributed by atoms with Gasteiger partial charge in [0.05, 0.1) is 0 Å². The number of hydrogen-bond acceptors (Lipinski definition) is 2. The molecule has 3 unspecified atom stereocenters. The van der Waals surface area contributed by atoms with Crippen molar-refractivity contribution in [3.63, 3.8) is 0 Å². The van der Waals surface area contributed by atoms with Gasteiger partial charge in [-0.2, -0.15) is 132 Å². The van der Waals surface area contributed by atoms with Gasteiger partial charge in [-0.1, -0.05) is 6.42 Å². The van der Waals surface area contributed by atoms with Gasteiger partial charge >= 0.3 is 95.6 Å². The molecule has 1 aliphatic carbocycles. The summed E-state index contributed by atoms with van der Waals surface area (Å²) >= 11 is 0. The van der Waals surface area contributed by atoms with E-state index in [0.717, 1.165) is 10.6 Å². The van der Waals surface area contributed by atoms with E-state index < -0.39 is 158 Å². The summed E-state index contributed by atoms with van der Waals surface area (Å²) in [7, 11) is 0. The van der Waals surface area contributed by atoms with Gasteiger partial charge in [0.2, 0.25) is 0 Å². The highest BCUT2D eigenvalue weighted by Crippen LogP contribution is 2.67. The van der Waals surface area contributed by atoms with Crippen molar-refractivity contribution in [3.05, 3.63) is 0 Å². The Hall–Kier alpha value is -3.56. The van der Waals surface area contributed by atoms with Crippen LogP contribution in [0.2, 0.25) is 0 Å². The van der Waals surface area contributed by atoms with Gasteiger partial charge < -0.3 is 20.8 Å². The summed E-state index contributed by atoms with van der Waals surface area (Å²) in [5, 5.41) is 19.5. The number of alkyl halides is 30. The van der Waals surface area contributed by atoms with Crippen LogP contribution in [0.25, 0.3) is 0 Å². The quantitative estimate of drug-likeness (QED) is 0.103. The van der Waals surface area contributed by atoms with E-state index in [2.05, 4.69) is 0 Å². The van der Waals surface area contributed by atoms with E-state index in [4.69, 9.17) is 10.2 Å². The number of carboxylic acid groups (broad SMARTS) is 2. The third-order valence-corrected chi connectivity index (χ3v) is 9.55. The first-order valence-corrected chi connectivity index (χ1v) is 15.3. The van der Waals surface area contributed by atoms with Gasteiger partial charge in [-0.3, -0.25) is 0 Å². The second kappa shape index (κ2) is 15.9. The van der Waals surface area contributed by atoms with Crippen LogP contribution in [-0.4, -0.2) is 119 Å². The first-order valence-electron chi connectivity index (χ1n) is 15.3. The van der Waals surface area contributed by atoms with Crippen molar-refractivity contribution in [2.24, 2.45) is 17.3 Å². The SMILES string of the molecule is O=C(O)NCC1CCCC(CNC(=O)O)(CC(F)(F)C(F)(F)C(F)(F)C(F)(F)C(F)(F)C(F)(F)C(F)(F)F)C1CC(F)(F)C(F)(F)C(F)(F)C(F)(F)C(F)(F)C(F)(F)C(F)(F)F. The van der Waals surface area contributed by atoms with Crippen molar-refractivity contribution in [2.75, 3.05) is 13.1 Å². The fourth-order valence-corrected chi connectivity index (χ4v) is 6.16. The summed E-state index contributed by atoms with van der Waals surface area (Å²) < 4.78 is 418. The van der Waals surface area contributed by atoms with Crippen molar-refractivity contribution >= 4 is 12.2 Å². The van der Waals surface area contributed by atoms with Crippen molar-refractivity contribution in [3.8, 4) is 0 Å². The largest absolute Gasteiger partial charge is 0.465 e. The Kier molecular flexibility index (Phi) is 14.4. The van der Waals surface area contributed by atoms with Crippen LogP contribution in [0.1, 0.15) is 32.1 Å². The average molecular weight is 994 g/mol. The van der Waals surface area contributed by atoms with Crippen LogP contribution >= 0.6 is 0 Å². The van der Waals surface area contributed by atoms with Crippen LogP contribution in [0.3, 0.4) is 0 Å². The molecule has 0 aromatic rings. The smallest absolute Gasteiger partial charge is 0.460 e. The lowest BCUT2D eigenvalue weighted by Crippen LogP contribution is -2.73. The van der Waals surface area contributed by atoms with Crippen LogP contribution in [0.15, 0.2) is 0 Å². The van der Waals surface area contributed by atoms with Gasteiger partial charge in [0, 0.05) is 25.9 Å². The monoisotopic (exact) mass is 994 g/mol. The van der Waals surface area contributed by atoms with Crippen molar-refractivity contribution in [1.82, 2.24) is 10.6 Å². The summed E-state index contributed by atoms with van der Waals surface area (Å²) in [6, 6.07) is 0. The molecular weight excluding hydrogens is 974 g/mol. The zero-order chi connectivity index (χ0) is 50.2. The molecule has 0 bridgehead atoms. The molecule has 62 heavy (non-hydrogen) atoms. The molecule has 0 aliphatic heterocycles. The Balaban J connectivity index is 4.26. The lowest BCUT2D eigenvalue weighted by Gasteiger charge is -2.52. The molecular formula is C26H20F30N2O4. The van der Waals surface area contributed by atoms with Gasteiger partial charge in [-0.05, 0) is 30.1 Å². The number of nitrogens with one attached hydrogen (secondary N) is 2. The lowest BCUT2D eigenvalue weighted by atomic mass is 9.56. The zero-order valence-corrected chi connectivity index (χ0v) is 28.7. The van der Waals surface area contributed by atoms with Crippen molar-refractivity contribution in [2.45, 2.75) is 116 Å². The summed E-state index contributed by atoms with van der Waals surface area (Å²) in [6.07, 6.45) is -34.1. The minimum absolute atomic E-state index is 0.737. The van der Waals surface area contributed by atoms with Crippen LogP contribution in [0.5, 0.6) is 0 Å². The highest BCUT2D eigenvalue weighted by molar-refractivity contribution is 5.64. The number of halogens is 30. The van der Waals surface area contributed by atoms with E-state index in [-0.39, 0.29) is 0 Å². The molecule has 1 saturated carbocycles. The van der Waals surface area contributed by atoms with Crippen molar-refractivity contribution in [1.29, 1.82) is 0 Å². The molecule has 0 radical (unpaired) electrons. The van der Waals surface area contributed by atoms with Gasteiger partial charge in [-0.15, -0.1) is 0 Å². The molecule has 4 N–H and O–H groups in total. The van der Waals surface area contributed by atoms with E-state index in [1.165, 1.54) is 0 Å². The minimum Gasteiger partial charge on any atom is -0.465 e. The average Bonchev–Trinajstić information content (AvgIpc) is 3.05. The van der Waals surface area contributed by atoms with E-state index in [1.54, 1.807) is 0 Å². The van der Waals surface area contributed by atoms with Crippen molar-refractivity contribution < 1.29 is 152 Å². The van der Waals surface area contributed by atoms with Gasteiger partial charge in [0.1, 0.15) is 0 Å². The summed E-state index contributed by atoms with van der Waals surface area (Å²) in [5.74, 6) is -110. The molecule has 1 rings (SSSR count). The highest BCUT2D eigenvalue weighted by atomic mass is 19.4. The normalized spacial score (nSPS) is 21.8. The summed E-state index contributed by atoms with van der Waals surface area (Å²) in [6.45, 7) is -4.45. The Morgan fingerprint density at radius 2 is 0.758 bits per heavy atom. The molecule has 368 valence electrons. The predicted molar refractivity (Wildman–Crippen MR) is 136 cm³/mol. The van der Waals surface area contributed by atoms with Gasteiger partial charge in [0.25, 0.3) is 0 Å². The predicted octanol–water partition coefficient (Wildman–Crippen LogP) is 11.5. The second-order valence-electron chi connectivity index (χ2n) is 13.5. The molecule has 6 nitrogen and oxygen atoms in total. The minimum atomic E-state index is -9.05. The molecule has 1 fully saturated rings. The third kappa shape index (κ3) is 8.43. The molecule has 0 saturated heterocycles. The summed E-state index contributed by atoms with van der Waals surface area (Å²) in [5.41, 5.74) is -4.40. The van der Waals surface area contributed by atoms with E-state index in [0.29, 0.717) is 0 Å². The summed E-state index contributed by atoms with van der Waals surface area (Å²) in [4.78, 5) is 22.2. The Labute approximate surface area is 321 Å². The van der Waals surface area contributed by atoms with E-state index in [9.17, 15) is 124 Å². The molecule has 36 heteroatoms. The number of hydrogen-bond donors (Lipinski definition) is 4. The maximum atomic E-state index is 15.4. The standard InChI is InChI=1S/C26H20F30N2O4/c27-13(28,15(31,32)17(35,36)19(39,40)21(43,44)23(47,48)25(51,52)53)4-9-8(5-57-10(59)60)2-1-3-12(9,7-58-11(61)62)6-14(29,30)16(33,34)18(37,38)20(41,42)22(45,46)24(49,50)26(54,55)56/h8-9,57-58H,1-7H2,(H,59,60)(H,61,62). The first-order chi connectivity index (χ1) is 26.7. The Morgan fingerprint density at radius 1 is 0.452 bits per heavy atom. The molecule has 1 aliphatic rings. The van der Waals surface area contributed by atoms with E-state index >= 15 is 17.6 Å². The Bertz CT molecular complexity index is 1620. The van der Waals surface area contributed by atoms with Crippen LogP contribution < -0.4 is 10.6 Å².